The number of carbonyl (C=O) groups is 2. The SMILES string of the molecule is COC(=O)c1ccc(N)c2c1CN(C)C2=O. The fourth-order valence-corrected chi connectivity index (χ4v) is 1.88. The van der Waals surface area contributed by atoms with Crippen LogP contribution in [-0.4, -0.2) is 30.9 Å². The predicted molar refractivity (Wildman–Crippen MR) is 58.0 cm³/mol. The van der Waals surface area contributed by atoms with Gasteiger partial charge in [0.15, 0.2) is 0 Å². The topological polar surface area (TPSA) is 72.6 Å². The molecule has 0 bridgehead atoms. The Morgan fingerprint density at radius 3 is 2.81 bits per heavy atom. The maximum Gasteiger partial charge on any atom is 0.338 e. The molecule has 0 spiro atoms. The molecule has 16 heavy (non-hydrogen) atoms. The molecule has 0 saturated carbocycles. The van der Waals surface area contributed by atoms with Gasteiger partial charge in [-0.15, -0.1) is 0 Å². The van der Waals surface area contributed by atoms with Crippen molar-refractivity contribution in [2.45, 2.75) is 6.54 Å². The van der Waals surface area contributed by atoms with Gasteiger partial charge in [-0.3, -0.25) is 4.79 Å². The first kappa shape index (κ1) is 10.5. The zero-order valence-electron chi connectivity index (χ0n) is 9.11. The second kappa shape index (κ2) is 3.52. The molecule has 1 aliphatic heterocycles. The van der Waals surface area contributed by atoms with Crippen LogP contribution in [0.15, 0.2) is 12.1 Å². The maximum atomic E-state index is 11.8. The molecule has 5 heteroatoms. The van der Waals surface area contributed by atoms with Crippen LogP contribution in [0.4, 0.5) is 5.69 Å². The highest BCUT2D eigenvalue weighted by atomic mass is 16.5. The molecule has 1 aliphatic rings. The summed E-state index contributed by atoms with van der Waals surface area (Å²) >= 11 is 0. The largest absolute Gasteiger partial charge is 0.465 e. The maximum absolute atomic E-state index is 11.8. The van der Waals surface area contributed by atoms with Crippen molar-refractivity contribution >= 4 is 17.6 Å². The number of nitrogen functional groups attached to an aromatic ring is 1. The smallest absolute Gasteiger partial charge is 0.338 e. The van der Waals surface area contributed by atoms with E-state index in [4.69, 9.17) is 5.73 Å². The van der Waals surface area contributed by atoms with Gasteiger partial charge in [0.25, 0.3) is 5.91 Å². The molecule has 1 aromatic rings. The van der Waals surface area contributed by atoms with Crippen molar-refractivity contribution in [3.63, 3.8) is 0 Å². The molecule has 0 unspecified atom stereocenters. The molecule has 0 aliphatic carbocycles. The Morgan fingerprint density at radius 2 is 2.19 bits per heavy atom. The molecule has 1 aromatic carbocycles. The van der Waals surface area contributed by atoms with Gasteiger partial charge in [-0.05, 0) is 12.1 Å². The number of ether oxygens (including phenoxy) is 1. The van der Waals surface area contributed by atoms with Crippen molar-refractivity contribution in [1.82, 2.24) is 4.90 Å². The van der Waals surface area contributed by atoms with E-state index in [2.05, 4.69) is 4.74 Å². The summed E-state index contributed by atoms with van der Waals surface area (Å²) in [5.41, 5.74) is 7.62. The minimum atomic E-state index is -0.445. The lowest BCUT2D eigenvalue weighted by Crippen LogP contribution is -2.18. The van der Waals surface area contributed by atoms with Crippen LogP contribution in [0.1, 0.15) is 26.3 Å². The quantitative estimate of drug-likeness (QED) is 0.557. The Kier molecular flexibility index (Phi) is 2.30. The number of amides is 1. The molecule has 0 fully saturated rings. The van der Waals surface area contributed by atoms with E-state index in [9.17, 15) is 9.59 Å². The number of anilines is 1. The lowest BCUT2D eigenvalue weighted by atomic mass is 10.0. The first-order chi connectivity index (χ1) is 7.56. The van der Waals surface area contributed by atoms with E-state index in [1.807, 2.05) is 0 Å². The van der Waals surface area contributed by atoms with Gasteiger partial charge in [-0.2, -0.15) is 0 Å². The third-order valence-electron chi connectivity index (χ3n) is 2.71. The van der Waals surface area contributed by atoms with Crippen LogP contribution < -0.4 is 5.73 Å². The van der Waals surface area contributed by atoms with Crippen molar-refractivity contribution in [3.8, 4) is 0 Å². The fourth-order valence-electron chi connectivity index (χ4n) is 1.88. The Balaban J connectivity index is 2.63. The number of hydrogen-bond acceptors (Lipinski definition) is 4. The second-order valence-electron chi connectivity index (χ2n) is 3.71. The molecule has 1 heterocycles. The van der Waals surface area contributed by atoms with Crippen molar-refractivity contribution < 1.29 is 14.3 Å². The number of methoxy groups -OCH3 is 1. The van der Waals surface area contributed by atoms with E-state index in [-0.39, 0.29) is 5.91 Å². The van der Waals surface area contributed by atoms with E-state index in [1.165, 1.54) is 12.0 Å². The number of rotatable bonds is 1. The van der Waals surface area contributed by atoms with Crippen molar-refractivity contribution in [2.75, 3.05) is 19.9 Å². The second-order valence-corrected chi connectivity index (χ2v) is 3.71. The summed E-state index contributed by atoms with van der Waals surface area (Å²) < 4.78 is 4.66. The molecule has 2 rings (SSSR count). The van der Waals surface area contributed by atoms with Crippen molar-refractivity contribution in [2.24, 2.45) is 0 Å². The fraction of sp³-hybridized carbons (Fsp3) is 0.273. The van der Waals surface area contributed by atoms with E-state index < -0.39 is 5.97 Å². The van der Waals surface area contributed by atoms with Gasteiger partial charge in [-0.25, -0.2) is 4.79 Å². The summed E-state index contributed by atoms with van der Waals surface area (Å²) in [6.45, 7) is 0.393. The molecule has 1 amide bonds. The summed E-state index contributed by atoms with van der Waals surface area (Å²) in [7, 11) is 2.98. The van der Waals surface area contributed by atoms with E-state index in [0.717, 1.165) is 0 Å². The van der Waals surface area contributed by atoms with Crippen LogP contribution in [0.2, 0.25) is 0 Å². The highest BCUT2D eigenvalue weighted by Gasteiger charge is 2.31. The Bertz CT molecular complexity index is 482. The van der Waals surface area contributed by atoms with Crippen molar-refractivity contribution in [1.29, 1.82) is 0 Å². The molecule has 5 nitrogen and oxygen atoms in total. The zero-order chi connectivity index (χ0) is 11.9. The van der Waals surface area contributed by atoms with Gasteiger partial charge in [0.05, 0.1) is 18.2 Å². The van der Waals surface area contributed by atoms with Gasteiger partial charge in [0.1, 0.15) is 0 Å². The third kappa shape index (κ3) is 1.32. The molecule has 0 radical (unpaired) electrons. The summed E-state index contributed by atoms with van der Waals surface area (Å²) in [4.78, 5) is 24.8. The number of nitrogens with two attached hydrogens (primary N) is 1. The average Bonchev–Trinajstić information content (AvgIpc) is 2.56. The molecule has 0 aromatic heterocycles. The zero-order valence-corrected chi connectivity index (χ0v) is 9.11. The van der Waals surface area contributed by atoms with Crippen LogP contribution in [-0.2, 0) is 11.3 Å². The van der Waals surface area contributed by atoms with Crippen LogP contribution in [0.3, 0.4) is 0 Å². The minimum absolute atomic E-state index is 0.154. The van der Waals surface area contributed by atoms with Crippen LogP contribution in [0.25, 0.3) is 0 Å². The summed E-state index contributed by atoms with van der Waals surface area (Å²) in [5, 5.41) is 0. The Morgan fingerprint density at radius 1 is 1.50 bits per heavy atom. The first-order valence-corrected chi connectivity index (χ1v) is 4.81. The lowest BCUT2D eigenvalue weighted by molar-refractivity contribution is 0.0598. The molecular formula is C11H12N2O3. The number of hydrogen-bond donors (Lipinski definition) is 1. The predicted octanol–water partition coefficient (Wildman–Crippen LogP) is 0.641. The number of fused-ring (bicyclic) bond motifs is 1. The molecule has 2 N–H and O–H groups in total. The monoisotopic (exact) mass is 220 g/mol. The van der Waals surface area contributed by atoms with Crippen LogP contribution in [0, 0.1) is 0 Å². The molecule has 0 saturated heterocycles. The van der Waals surface area contributed by atoms with E-state index in [1.54, 1.807) is 19.2 Å². The van der Waals surface area contributed by atoms with Gasteiger partial charge < -0.3 is 15.4 Å². The molecule has 84 valence electrons. The Labute approximate surface area is 92.8 Å². The molecule has 0 atom stereocenters. The highest BCUT2D eigenvalue weighted by molar-refractivity contribution is 6.06. The molecular weight excluding hydrogens is 208 g/mol. The van der Waals surface area contributed by atoms with E-state index in [0.29, 0.717) is 28.9 Å². The standard InChI is InChI=1S/C11H12N2O3/c1-13-5-7-6(11(15)16-2)3-4-8(12)9(7)10(13)14/h3-4H,5,12H2,1-2H3. The number of nitrogens with zero attached hydrogens (tertiary/aromatic N) is 1. The van der Waals surface area contributed by atoms with Crippen LogP contribution in [0.5, 0.6) is 0 Å². The summed E-state index contributed by atoms with van der Waals surface area (Å²) in [6, 6.07) is 3.15. The highest BCUT2D eigenvalue weighted by Crippen LogP contribution is 2.29. The van der Waals surface area contributed by atoms with Gasteiger partial charge in [0, 0.05) is 24.8 Å². The van der Waals surface area contributed by atoms with E-state index >= 15 is 0 Å². The summed E-state index contributed by atoms with van der Waals surface area (Å²) in [6.07, 6.45) is 0. The lowest BCUT2D eigenvalue weighted by Gasteiger charge is -2.06. The van der Waals surface area contributed by atoms with Crippen LogP contribution >= 0.6 is 0 Å². The summed E-state index contributed by atoms with van der Waals surface area (Å²) in [5.74, 6) is -0.599. The Hall–Kier alpha value is -2.04. The van der Waals surface area contributed by atoms with Gasteiger partial charge in [-0.1, -0.05) is 0 Å². The van der Waals surface area contributed by atoms with Gasteiger partial charge in [0.2, 0.25) is 0 Å². The average molecular weight is 220 g/mol. The normalized spacial score (nSPS) is 13.9. The number of carbonyl (C=O) groups excluding carboxylic acids is 2. The van der Waals surface area contributed by atoms with Gasteiger partial charge >= 0.3 is 5.97 Å². The number of benzene rings is 1. The minimum Gasteiger partial charge on any atom is -0.465 e. The third-order valence-corrected chi connectivity index (χ3v) is 2.71. The van der Waals surface area contributed by atoms with Crippen molar-refractivity contribution in [3.05, 3.63) is 28.8 Å². The first-order valence-electron chi connectivity index (χ1n) is 4.81. The number of esters is 1.